The zero-order valence-electron chi connectivity index (χ0n) is 14.0. The lowest BCUT2D eigenvalue weighted by atomic mass is 9.44. The molecule has 0 aromatic heterocycles. The minimum Gasteiger partial charge on any atom is -0.316 e. The molecule has 0 radical (unpaired) electrons. The molecular weight excluding hydrogens is 296 g/mol. The second-order valence-electron chi connectivity index (χ2n) is 9.35. The lowest BCUT2D eigenvalue weighted by Gasteiger charge is -2.61. The summed E-state index contributed by atoms with van der Waals surface area (Å²) in [6.45, 7) is 6.09. The van der Waals surface area contributed by atoms with Crippen molar-refractivity contribution in [2.75, 3.05) is 32.4 Å². The molecule has 2 unspecified atom stereocenters. The van der Waals surface area contributed by atoms with Gasteiger partial charge in [0.25, 0.3) is 0 Å². The Bertz CT molecular complexity index is 539. The van der Waals surface area contributed by atoms with Gasteiger partial charge in [-0.15, -0.1) is 0 Å². The first kappa shape index (κ1) is 15.4. The van der Waals surface area contributed by atoms with Crippen molar-refractivity contribution in [3.8, 4) is 0 Å². The summed E-state index contributed by atoms with van der Waals surface area (Å²) < 4.78 is 24.4. The van der Waals surface area contributed by atoms with Crippen LogP contribution in [-0.2, 0) is 10.0 Å². The maximum Gasteiger partial charge on any atom is 0.211 e. The predicted molar refractivity (Wildman–Crippen MR) is 88.0 cm³/mol. The molecule has 5 fully saturated rings. The van der Waals surface area contributed by atoms with E-state index < -0.39 is 10.0 Å². The van der Waals surface area contributed by atoms with Crippen LogP contribution < -0.4 is 5.32 Å². The molecule has 4 bridgehead atoms. The predicted octanol–water partition coefficient (Wildman–Crippen LogP) is 2.07. The van der Waals surface area contributed by atoms with Gasteiger partial charge in [-0.1, -0.05) is 6.92 Å². The standard InChI is InChI=1S/C17H30N2O2S/c1-16-4-13-3-14(5-16)7-17(6-13,11-16)12-18-8-15-9-19(10-15)22(2,20)21/h13-15,18H,3-12H2,1-2H3. The van der Waals surface area contributed by atoms with E-state index >= 15 is 0 Å². The van der Waals surface area contributed by atoms with Gasteiger partial charge in [0, 0.05) is 26.2 Å². The Morgan fingerprint density at radius 2 is 1.77 bits per heavy atom. The van der Waals surface area contributed by atoms with Crippen molar-refractivity contribution in [2.24, 2.45) is 28.6 Å². The fourth-order valence-electron chi connectivity index (χ4n) is 6.60. The highest BCUT2D eigenvalue weighted by molar-refractivity contribution is 7.88. The monoisotopic (exact) mass is 326 g/mol. The molecule has 22 heavy (non-hydrogen) atoms. The molecule has 5 aliphatic rings. The maximum absolute atomic E-state index is 11.4. The second kappa shape index (κ2) is 4.93. The van der Waals surface area contributed by atoms with Crippen LogP contribution in [0.3, 0.4) is 0 Å². The van der Waals surface area contributed by atoms with Crippen LogP contribution in [0.15, 0.2) is 0 Å². The van der Waals surface area contributed by atoms with Crippen LogP contribution in [-0.4, -0.2) is 45.2 Å². The molecule has 1 N–H and O–H groups in total. The van der Waals surface area contributed by atoms with Gasteiger partial charge in [0.05, 0.1) is 6.26 Å². The summed E-state index contributed by atoms with van der Waals surface area (Å²) >= 11 is 0. The molecule has 0 spiro atoms. The van der Waals surface area contributed by atoms with E-state index in [1.54, 1.807) is 4.31 Å². The minimum absolute atomic E-state index is 0.513. The molecule has 4 aliphatic carbocycles. The Morgan fingerprint density at radius 3 is 2.32 bits per heavy atom. The van der Waals surface area contributed by atoms with Gasteiger partial charge in [0.2, 0.25) is 10.0 Å². The summed E-state index contributed by atoms with van der Waals surface area (Å²) in [4.78, 5) is 0. The molecule has 1 saturated heterocycles. The van der Waals surface area contributed by atoms with Gasteiger partial charge < -0.3 is 5.32 Å². The molecule has 0 amide bonds. The van der Waals surface area contributed by atoms with Crippen molar-refractivity contribution in [1.82, 2.24) is 9.62 Å². The van der Waals surface area contributed by atoms with Gasteiger partial charge in [-0.2, -0.15) is 0 Å². The van der Waals surface area contributed by atoms with E-state index in [4.69, 9.17) is 0 Å². The van der Waals surface area contributed by atoms with Crippen molar-refractivity contribution in [1.29, 1.82) is 0 Å². The maximum atomic E-state index is 11.4. The van der Waals surface area contributed by atoms with Crippen LogP contribution in [0.1, 0.15) is 45.4 Å². The molecule has 126 valence electrons. The van der Waals surface area contributed by atoms with Crippen LogP contribution in [0.4, 0.5) is 0 Å². The molecule has 5 heteroatoms. The van der Waals surface area contributed by atoms with E-state index in [9.17, 15) is 8.42 Å². The summed E-state index contributed by atoms with van der Waals surface area (Å²) in [7, 11) is -2.96. The smallest absolute Gasteiger partial charge is 0.211 e. The average Bonchev–Trinajstić information content (AvgIpc) is 2.26. The van der Waals surface area contributed by atoms with Crippen molar-refractivity contribution >= 4 is 10.0 Å². The summed E-state index contributed by atoms with van der Waals surface area (Å²) in [6, 6.07) is 0. The summed E-state index contributed by atoms with van der Waals surface area (Å²) in [5, 5.41) is 3.71. The fourth-order valence-corrected chi connectivity index (χ4v) is 7.56. The van der Waals surface area contributed by atoms with E-state index in [1.807, 2.05) is 0 Å². The normalized spacial score (nSPS) is 45.2. The highest BCUT2D eigenvalue weighted by atomic mass is 32.2. The third-order valence-electron chi connectivity index (χ3n) is 6.80. The van der Waals surface area contributed by atoms with Crippen LogP contribution >= 0.6 is 0 Å². The van der Waals surface area contributed by atoms with Gasteiger partial charge in [0.15, 0.2) is 0 Å². The zero-order chi connectivity index (χ0) is 15.6. The van der Waals surface area contributed by atoms with Crippen LogP contribution in [0.25, 0.3) is 0 Å². The fraction of sp³-hybridized carbons (Fsp3) is 1.00. The molecule has 0 aromatic carbocycles. The Balaban J connectivity index is 1.28. The number of rotatable bonds is 5. The first-order valence-electron chi connectivity index (χ1n) is 8.91. The first-order valence-corrected chi connectivity index (χ1v) is 10.8. The number of sulfonamides is 1. The third kappa shape index (κ3) is 2.73. The highest BCUT2D eigenvalue weighted by Crippen LogP contribution is 2.64. The van der Waals surface area contributed by atoms with Crippen molar-refractivity contribution in [3.05, 3.63) is 0 Å². The van der Waals surface area contributed by atoms with Crippen LogP contribution in [0.5, 0.6) is 0 Å². The van der Waals surface area contributed by atoms with Crippen LogP contribution in [0.2, 0.25) is 0 Å². The van der Waals surface area contributed by atoms with E-state index in [0.29, 0.717) is 29.8 Å². The summed E-state index contributed by atoms with van der Waals surface area (Å²) in [5.74, 6) is 2.48. The largest absolute Gasteiger partial charge is 0.316 e. The molecule has 0 aromatic rings. The number of nitrogens with zero attached hydrogens (tertiary/aromatic N) is 1. The molecule has 4 nitrogen and oxygen atoms in total. The van der Waals surface area contributed by atoms with Gasteiger partial charge >= 0.3 is 0 Å². The van der Waals surface area contributed by atoms with Gasteiger partial charge in [-0.05, 0) is 67.1 Å². The third-order valence-corrected chi connectivity index (χ3v) is 8.04. The second-order valence-corrected chi connectivity index (χ2v) is 11.3. The quantitative estimate of drug-likeness (QED) is 0.841. The number of nitrogens with one attached hydrogen (secondary N) is 1. The van der Waals surface area contributed by atoms with Crippen LogP contribution in [0, 0.1) is 28.6 Å². The minimum atomic E-state index is -2.96. The molecule has 2 atom stereocenters. The molecule has 4 saturated carbocycles. The lowest BCUT2D eigenvalue weighted by molar-refractivity contribution is -0.100. The van der Waals surface area contributed by atoms with Gasteiger partial charge in [0.1, 0.15) is 0 Å². The van der Waals surface area contributed by atoms with Gasteiger partial charge in [-0.25, -0.2) is 12.7 Å². The summed E-state index contributed by atoms with van der Waals surface area (Å²) in [5.41, 5.74) is 1.18. The molecule has 1 aliphatic heterocycles. The van der Waals surface area contributed by atoms with Gasteiger partial charge in [-0.3, -0.25) is 0 Å². The van der Waals surface area contributed by atoms with Crippen molar-refractivity contribution in [2.45, 2.75) is 45.4 Å². The first-order chi connectivity index (χ1) is 10.3. The summed E-state index contributed by atoms with van der Waals surface area (Å²) in [6.07, 6.45) is 10.0. The van der Waals surface area contributed by atoms with E-state index in [1.165, 1.54) is 44.8 Å². The van der Waals surface area contributed by atoms with E-state index in [-0.39, 0.29) is 0 Å². The van der Waals surface area contributed by atoms with Crippen molar-refractivity contribution < 1.29 is 8.42 Å². The Morgan fingerprint density at radius 1 is 1.14 bits per heavy atom. The SMILES string of the molecule is CC12CC3CC(C1)CC(CNCC1CN(S(C)(=O)=O)C1)(C3)C2. The van der Waals surface area contributed by atoms with E-state index in [0.717, 1.165) is 24.9 Å². The number of hydrogen-bond donors (Lipinski definition) is 1. The Labute approximate surface area is 135 Å². The highest BCUT2D eigenvalue weighted by Gasteiger charge is 2.55. The lowest BCUT2D eigenvalue weighted by Crippen LogP contribution is -2.56. The average molecular weight is 327 g/mol. The molecule has 1 heterocycles. The Kier molecular flexibility index (Phi) is 3.45. The number of hydrogen-bond acceptors (Lipinski definition) is 3. The van der Waals surface area contributed by atoms with E-state index in [2.05, 4.69) is 12.2 Å². The topological polar surface area (TPSA) is 49.4 Å². The Hall–Kier alpha value is -0.130. The van der Waals surface area contributed by atoms with Crippen molar-refractivity contribution in [3.63, 3.8) is 0 Å². The zero-order valence-corrected chi connectivity index (χ0v) is 14.8. The molecule has 5 rings (SSSR count). The molecular formula is C17H30N2O2S.